The molecule has 1 atom stereocenters. The minimum Gasteiger partial charge on any atom is -0.480 e. The van der Waals surface area contributed by atoms with Crippen molar-refractivity contribution in [2.24, 2.45) is 11.7 Å². The van der Waals surface area contributed by atoms with Gasteiger partial charge in [0.15, 0.2) is 0 Å². The van der Waals surface area contributed by atoms with E-state index < -0.39 is 23.9 Å². The van der Waals surface area contributed by atoms with Crippen LogP contribution in [0.5, 0.6) is 0 Å². The molecular weight excluding hydrogens is 520 g/mol. The second-order valence-corrected chi connectivity index (χ2v) is 10.7. The van der Waals surface area contributed by atoms with Gasteiger partial charge in [-0.1, -0.05) is 26.0 Å². The maximum Gasteiger partial charge on any atom is 0.317 e. The number of aliphatic carboxylic acids is 3. The van der Waals surface area contributed by atoms with Gasteiger partial charge in [0.2, 0.25) is 5.91 Å². The van der Waals surface area contributed by atoms with Crippen molar-refractivity contribution in [1.29, 1.82) is 0 Å². The third-order valence-corrected chi connectivity index (χ3v) is 6.70. The van der Waals surface area contributed by atoms with E-state index >= 15 is 0 Å². The van der Waals surface area contributed by atoms with Crippen LogP contribution in [0.4, 0.5) is 5.69 Å². The summed E-state index contributed by atoms with van der Waals surface area (Å²) in [6.07, 6.45) is 0.592. The fourth-order valence-corrected chi connectivity index (χ4v) is 4.59. The fourth-order valence-electron chi connectivity index (χ4n) is 4.59. The van der Waals surface area contributed by atoms with Crippen LogP contribution < -0.4 is 11.1 Å². The minimum atomic E-state index is -0.989. The summed E-state index contributed by atoms with van der Waals surface area (Å²) < 4.78 is 0. The Kier molecular flexibility index (Phi) is 14.0. The van der Waals surface area contributed by atoms with E-state index in [0.717, 1.165) is 5.56 Å². The number of benzene rings is 1. The molecule has 0 saturated carbocycles. The number of carbonyl (C=O) groups is 4. The first-order valence-corrected chi connectivity index (χ1v) is 13.6. The molecule has 40 heavy (non-hydrogen) atoms. The van der Waals surface area contributed by atoms with Crippen LogP contribution in [0.25, 0.3) is 0 Å². The maximum absolute atomic E-state index is 12.4. The number of carboxylic acids is 3. The number of hydrogen-bond acceptors (Lipinski definition) is 9. The van der Waals surface area contributed by atoms with E-state index in [1.807, 2.05) is 38.1 Å². The Morgan fingerprint density at radius 1 is 0.725 bits per heavy atom. The van der Waals surface area contributed by atoms with Gasteiger partial charge in [-0.25, -0.2) is 0 Å². The minimum absolute atomic E-state index is 0.159. The van der Waals surface area contributed by atoms with Gasteiger partial charge in [0, 0.05) is 64.6 Å². The van der Waals surface area contributed by atoms with E-state index in [2.05, 4.69) is 10.2 Å². The molecule has 1 aliphatic heterocycles. The standard InChI is InChI=1S/C27H44N6O7/c1-20(2)15-23(28)27(40)29-22-5-3-21(4-6-22)16-30-7-9-31(17-24(34)35)11-13-33(19-26(38)39)14-12-32(10-8-30)18-25(36)37/h3-6,20,23H,7-19,28H2,1-2H3,(H,29,40)(H,34,35)(H,36,37)(H,38,39)/t23-/m0/s1. The summed E-state index contributed by atoms with van der Waals surface area (Å²) in [5, 5.41) is 30.9. The van der Waals surface area contributed by atoms with Gasteiger partial charge in [-0.3, -0.25) is 38.8 Å². The van der Waals surface area contributed by atoms with Crippen molar-refractivity contribution >= 4 is 29.5 Å². The van der Waals surface area contributed by atoms with Crippen LogP contribution >= 0.6 is 0 Å². The molecule has 0 bridgehead atoms. The molecular formula is C27H44N6O7. The molecule has 13 nitrogen and oxygen atoms in total. The second-order valence-electron chi connectivity index (χ2n) is 10.7. The monoisotopic (exact) mass is 564 g/mol. The SMILES string of the molecule is CC(C)C[C@H](N)C(=O)Nc1ccc(CN2CCN(CC(=O)O)CCN(CC(=O)O)CCN(CC(=O)O)CC2)cc1. The molecule has 6 N–H and O–H groups in total. The van der Waals surface area contributed by atoms with Crippen LogP contribution in [0.15, 0.2) is 24.3 Å². The van der Waals surface area contributed by atoms with Crippen molar-refractivity contribution in [2.75, 3.05) is 77.3 Å². The largest absolute Gasteiger partial charge is 0.480 e. The van der Waals surface area contributed by atoms with E-state index in [4.69, 9.17) is 5.73 Å². The number of amides is 1. The molecule has 0 unspecified atom stereocenters. The predicted molar refractivity (Wildman–Crippen MR) is 150 cm³/mol. The number of carbonyl (C=O) groups excluding carboxylic acids is 1. The number of carboxylic acid groups (broad SMARTS) is 3. The van der Waals surface area contributed by atoms with E-state index in [0.29, 0.717) is 76.9 Å². The maximum atomic E-state index is 12.4. The molecule has 1 aliphatic rings. The molecule has 1 heterocycles. The van der Waals surface area contributed by atoms with Crippen molar-refractivity contribution in [3.05, 3.63) is 29.8 Å². The Balaban J connectivity index is 2.12. The van der Waals surface area contributed by atoms with Crippen LogP contribution in [-0.2, 0) is 25.7 Å². The lowest BCUT2D eigenvalue weighted by molar-refractivity contribution is -0.140. The lowest BCUT2D eigenvalue weighted by atomic mass is 10.0. The summed E-state index contributed by atoms with van der Waals surface area (Å²) >= 11 is 0. The van der Waals surface area contributed by atoms with E-state index in [1.165, 1.54) is 0 Å². The van der Waals surface area contributed by atoms with Gasteiger partial charge in [-0.15, -0.1) is 0 Å². The highest BCUT2D eigenvalue weighted by molar-refractivity contribution is 5.94. The zero-order valence-corrected chi connectivity index (χ0v) is 23.5. The summed E-state index contributed by atoms with van der Waals surface area (Å²) in [5.41, 5.74) is 7.61. The molecule has 2 rings (SSSR count). The van der Waals surface area contributed by atoms with Gasteiger partial charge >= 0.3 is 17.9 Å². The quantitative estimate of drug-likeness (QED) is 0.229. The Bertz CT molecular complexity index is 943. The van der Waals surface area contributed by atoms with Gasteiger partial charge in [-0.2, -0.15) is 0 Å². The number of hydrogen-bond donors (Lipinski definition) is 5. The highest BCUT2D eigenvalue weighted by atomic mass is 16.4. The van der Waals surface area contributed by atoms with E-state index in [9.17, 15) is 34.5 Å². The highest BCUT2D eigenvalue weighted by Gasteiger charge is 2.20. The molecule has 0 aliphatic carbocycles. The smallest absolute Gasteiger partial charge is 0.317 e. The zero-order chi connectivity index (χ0) is 29.7. The number of anilines is 1. The number of nitrogens with one attached hydrogen (secondary N) is 1. The van der Waals surface area contributed by atoms with E-state index in [1.54, 1.807) is 14.7 Å². The normalized spacial score (nSPS) is 18.0. The summed E-state index contributed by atoms with van der Waals surface area (Å²) in [7, 11) is 0. The van der Waals surface area contributed by atoms with Gasteiger partial charge in [0.25, 0.3) is 0 Å². The Hall–Kier alpha value is -3.10. The van der Waals surface area contributed by atoms with E-state index in [-0.39, 0.29) is 25.5 Å². The number of rotatable bonds is 12. The molecule has 1 aromatic carbocycles. The Morgan fingerprint density at radius 2 is 1.10 bits per heavy atom. The molecule has 0 radical (unpaired) electrons. The fraction of sp³-hybridized carbons (Fsp3) is 0.630. The lowest BCUT2D eigenvalue weighted by Crippen LogP contribution is -2.48. The van der Waals surface area contributed by atoms with Crippen LogP contribution in [0.1, 0.15) is 25.8 Å². The van der Waals surface area contributed by atoms with Crippen molar-refractivity contribution < 1.29 is 34.5 Å². The first-order valence-electron chi connectivity index (χ1n) is 13.6. The van der Waals surface area contributed by atoms with Gasteiger partial charge < -0.3 is 26.4 Å². The van der Waals surface area contributed by atoms with Crippen LogP contribution in [0.2, 0.25) is 0 Å². The average Bonchev–Trinajstić information content (AvgIpc) is 2.85. The van der Waals surface area contributed by atoms with Crippen molar-refractivity contribution in [2.45, 2.75) is 32.9 Å². The summed E-state index contributed by atoms with van der Waals surface area (Å²) in [6.45, 7) is 7.49. The molecule has 13 heteroatoms. The summed E-state index contributed by atoms with van der Waals surface area (Å²) in [4.78, 5) is 54.0. The number of nitrogens with zero attached hydrogens (tertiary/aromatic N) is 4. The molecule has 1 fully saturated rings. The van der Waals surface area contributed by atoms with Crippen molar-refractivity contribution in [3.8, 4) is 0 Å². The molecule has 0 spiro atoms. The third-order valence-electron chi connectivity index (χ3n) is 6.70. The van der Waals surface area contributed by atoms with Gasteiger partial charge in [0.1, 0.15) is 0 Å². The first kappa shape index (κ1) is 33.1. The molecule has 1 saturated heterocycles. The van der Waals surface area contributed by atoms with Crippen LogP contribution in [0.3, 0.4) is 0 Å². The van der Waals surface area contributed by atoms with Crippen molar-refractivity contribution in [1.82, 2.24) is 19.6 Å². The second kappa shape index (κ2) is 16.9. The molecule has 1 amide bonds. The molecule has 0 aromatic heterocycles. The summed E-state index contributed by atoms with van der Waals surface area (Å²) in [5.74, 6) is -2.83. The van der Waals surface area contributed by atoms with Crippen LogP contribution in [0, 0.1) is 5.92 Å². The van der Waals surface area contributed by atoms with Crippen molar-refractivity contribution in [3.63, 3.8) is 0 Å². The third kappa shape index (κ3) is 13.3. The van der Waals surface area contributed by atoms with Gasteiger partial charge in [0.05, 0.1) is 25.7 Å². The number of nitrogens with two attached hydrogens (primary N) is 1. The lowest BCUT2D eigenvalue weighted by Gasteiger charge is -2.33. The molecule has 1 aromatic rings. The Morgan fingerprint density at radius 3 is 1.45 bits per heavy atom. The average molecular weight is 565 g/mol. The first-order chi connectivity index (χ1) is 18.9. The highest BCUT2D eigenvalue weighted by Crippen LogP contribution is 2.14. The van der Waals surface area contributed by atoms with Crippen LogP contribution in [-0.4, -0.2) is 137 Å². The summed E-state index contributed by atoms with van der Waals surface area (Å²) in [6, 6.07) is 6.87. The zero-order valence-electron chi connectivity index (χ0n) is 23.5. The van der Waals surface area contributed by atoms with Gasteiger partial charge in [-0.05, 0) is 30.0 Å². The topological polar surface area (TPSA) is 180 Å². The molecule has 224 valence electrons. The predicted octanol–water partition coefficient (Wildman–Crippen LogP) is -0.0261. The Labute approximate surface area is 235 Å².